The highest BCUT2D eigenvalue weighted by atomic mass is 35.5. The van der Waals surface area contributed by atoms with Crippen molar-refractivity contribution in [3.63, 3.8) is 0 Å². The predicted molar refractivity (Wildman–Crippen MR) is 286 cm³/mol. The quantitative estimate of drug-likeness (QED) is 0.0619. The van der Waals surface area contributed by atoms with Gasteiger partial charge in [0.05, 0.1) is 0 Å². The van der Waals surface area contributed by atoms with Crippen LogP contribution in [0.25, 0.3) is 0 Å². The van der Waals surface area contributed by atoms with Crippen molar-refractivity contribution < 1.29 is 9.59 Å². The Labute approximate surface area is 398 Å². The first-order chi connectivity index (χ1) is 32.5. The molecular formula is C60H46Cl2O2P2. The fourth-order valence-electron chi connectivity index (χ4n) is 9.08. The monoisotopic (exact) mass is 930 g/mol. The third-order valence-corrected chi connectivity index (χ3v) is 21.5. The molecule has 9 aromatic carbocycles. The van der Waals surface area contributed by atoms with Crippen molar-refractivity contribution in [3.8, 4) is 0 Å². The molecule has 2 nitrogen and oxygen atoms in total. The van der Waals surface area contributed by atoms with Crippen LogP contribution < -0.4 is 31.8 Å². The number of benzene rings is 9. The zero-order valence-corrected chi connectivity index (χ0v) is 39.4. The van der Waals surface area contributed by atoms with E-state index in [1.165, 1.54) is 0 Å². The third-order valence-electron chi connectivity index (χ3n) is 12.1. The average Bonchev–Trinajstić information content (AvgIpc) is 3.41. The number of ketones is 2. The van der Waals surface area contributed by atoms with E-state index in [4.69, 9.17) is 23.2 Å². The van der Waals surface area contributed by atoms with E-state index in [0.717, 1.165) is 54.1 Å². The number of alkyl halides is 2. The van der Waals surface area contributed by atoms with Gasteiger partial charge in [-0.05, 0) is 67.9 Å². The van der Waals surface area contributed by atoms with Crippen LogP contribution in [0.2, 0.25) is 0 Å². The highest BCUT2D eigenvalue weighted by Crippen LogP contribution is 2.50. The predicted octanol–water partition coefficient (Wildman–Crippen LogP) is 12.0. The van der Waals surface area contributed by atoms with Crippen molar-refractivity contribution in [2.75, 3.05) is 0 Å². The summed E-state index contributed by atoms with van der Waals surface area (Å²) in [5, 5.41) is 7.70. The van der Waals surface area contributed by atoms with Gasteiger partial charge in [0.1, 0.15) is 0 Å². The Morgan fingerprint density at radius 3 is 0.667 bits per heavy atom. The maximum Gasteiger partial charge on any atom is 0.194 e. The molecule has 0 unspecified atom stereocenters. The number of rotatable bonds is 14. The smallest absolute Gasteiger partial charge is 0.194 e. The summed E-state index contributed by atoms with van der Waals surface area (Å²) >= 11 is 12.6. The first-order valence-corrected chi connectivity index (χ1v) is 26.5. The highest BCUT2D eigenvalue weighted by Gasteiger charge is 2.37. The lowest BCUT2D eigenvalue weighted by atomic mass is 9.98. The molecule has 0 bridgehead atoms. The van der Waals surface area contributed by atoms with Crippen LogP contribution in [0, 0.1) is 0 Å². The minimum absolute atomic E-state index is 0.0758. The molecule has 0 saturated carbocycles. The summed E-state index contributed by atoms with van der Waals surface area (Å²) in [6.07, 6.45) is 0. The molecule has 0 fully saturated rings. The Morgan fingerprint density at radius 1 is 0.273 bits per heavy atom. The maximum atomic E-state index is 15.9. The standard InChI is InChI=1S/C60H46Cl2O2P2/c61-43-45-31-35-47(36-32-45)57(63)59(65(51-19-7-1-8-20-51,52-21-9-2-10-22-52)53-23-11-3-12-24-53)49-39-41-50(42-40-49)60(58(64)48-37-33-46(44-62)34-38-48)66(54-25-13-4-14-26-54,55-27-15-5-16-28-55)56-29-17-6-18-30-56/h1-42H,43-44H2. The van der Waals surface area contributed by atoms with E-state index in [-0.39, 0.29) is 11.6 Å². The van der Waals surface area contributed by atoms with E-state index < -0.39 is 13.8 Å². The molecule has 0 spiro atoms. The summed E-state index contributed by atoms with van der Waals surface area (Å²) in [6.45, 7) is -5.90. The molecule has 6 heteroatoms. The summed E-state index contributed by atoms with van der Waals surface area (Å²) < 4.78 is 0. The van der Waals surface area contributed by atoms with E-state index in [1.807, 2.05) is 84.9 Å². The second kappa shape index (κ2) is 20.3. The van der Waals surface area contributed by atoms with Crippen LogP contribution in [0.4, 0.5) is 0 Å². The Hall–Kier alpha value is -6.50. The lowest BCUT2D eigenvalue weighted by Crippen LogP contribution is -2.35. The van der Waals surface area contributed by atoms with Gasteiger partial charge in [0.25, 0.3) is 0 Å². The number of Topliss-reactive ketones (excluding diaryl/α,β-unsaturated/α-hetero) is 2. The van der Waals surface area contributed by atoms with E-state index in [9.17, 15) is 0 Å². The molecule has 322 valence electrons. The van der Waals surface area contributed by atoms with Gasteiger partial charge >= 0.3 is 0 Å². The SMILES string of the molecule is O=C(C(c1ccc(C(C(=O)c2ccc(CCl)cc2)=P(c2ccccc2)(c2ccccc2)c2ccccc2)cc1)=P(c1ccccc1)(c1ccccc1)c1ccccc1)c1ccc(CCl)cc1. The van der Waals surface area contributed by atoms with Gasteiger partial charge in [0.2, 0.25) is 0 Å². The first kappa shape index (κ1) is 44.7. The second-order valence-electron chi connectivity index (χ2n) is 15.9. The lowest BCUT2D eigenvalue weighted by Gasteiger charge is -2.33. The topological polar surface area (TPSA) is 34.1 Å². The summed E-state index contributed by atoms with van der Waals surface area (Å²) in [4.78, 5) is 31.8. The highest BCUT2D eigenvalue weighted by molar-refractivity contribution is 7.97. The number of halogens is 2. The fraction of sp³-hybridized carbons (Fsp3) is 0.0333. The molecule has 0 amide bonds. The summed E-state index contributed by atoms with van der Waals surface area (Å²) in [6, 6.07) is 86.3. The lowest BCUT2D eigenvalue weighted by molar-refractivity contribution is 0.106. The van der Waals surface area contributed by atoms with Crippen LogP contribution in [0.3, 0.4) is 0 Å². The molecule has 0 aliphatic heterocycles. The zero-order chi connectivity index (χ0) is 45.4. The molecule has 0 aromatic heterocycles. The Balaban J connectivity index is 1.44. The van der Waals surface area contributed by atoms with Crippen molar-refractivity contribution >= 4 is 91.0 Å². The summed E-state index contributed by atoms with van der Waals surface area (Å²) in [7, 11) is 0. The van der Waals surface area contributed by atoms with Gasteiger partial charge in [-0.2, -0.15) is 0 Å². The molecule has 0 N–H and O–H groups in total. The van der Waals surface area contributed by atoms with Crippen molar-refractivity contribution in [1.29, 1.82) is 0 Å². The minimum Gasteiger partial charge on any atom is -0.289 e. The molecular weight excluding hydrogens is 886 g/mol. The summed E-state index contributed by atoms with van der Waals surface area (Å²) in [5.41, 5.74) is 4.55. The van der Waals surface area contributed by atoms with E-state index in [2.05, 4.69) is 170 Å². The maximum absolute atomic E-state index is 15.9. The fourth-order valence-corrected chi connectivity index (χ4v) is 18.4. The Kier molecular flexibility index (Phi) is 13.8. The first-order valence-electron chi connectivity index (χ1n) is 21.9. The van der Waals surface area contributed by atoms with E-state index >= 15 is 9.59 Å². The van der Waals surface area contributed by atoms with E-state index in [1.54, 1.807) is 0 Å². The minimum atomic E-state index is -2.95. The van der Waals surface area contributed by atoms with Crippen LogP contribution >= 0.6 is 37.0 Å². The van der Waals surface area contributed by atoms with Crippen molar-refractivity contribution in [3.05, 3.63) is 288 Å². The van der Waals surface area contributed by atoms with Gasteiger partial charge < -0.3 is 0 Å². The average molecular weight is 932 g/mol. The molecule has 0 saturated heterocycles. The van der Waals surface area contributed by atoms with Crippen LogP contribution in [-0.2, 0) is 11.8 Å². The van der Waals surface area contributed by atoms with Gasteiger partial charge in [-0.3, -0.25) is 9.59 Å². The van der Waals surface area contributed by atoms with Gasteiger partial charge in [-0.15, -0.1) is 23.2 Å². The van der Waals surface area contributed by atoms with Crippen LogP contribution in [0.5, 0.6) is 0 Å². The Bertz CT molecular complexity index is 2770. The zero-order valence-electron chi connectivity index (χ0n) is 36.1. The second-order valence-corrected chi connectivity index (χ2v) is 23.2. The van der Waals surface area contributed by atoms with Gasteiger partial charge in [0, 0.05) is 33.5 Å². The largest absolute Gasteiger partial charge is 0.289 e. The van der Waals surface area contributed by atoms with Gasteiger partial charge in [-0.25, -0.2) is 0 Å². The molecule has 66 heavy (non-hydrogen) atoms. The molecule has 0 heterocycles. The van der Waals surface area contributed by atoms with Gasteiger partial charge in [-0.1, -0.05) is 255 Å². The molecule has 9 rings (SSSR count). The third kappa shape index (κ3) is 8.44. The molecule has 0 atom stereocenters. The molecule has 0 aliphatic carbocycles. The molecule has 0 radical (unpaired) electrons. The number of hydrogen-bond donors (Lipinski definition) is 0. The normalized spacial score (nSPS) is 11.4. The Morgan fingerprint density at radius 2 is 0.470 bits per heavy atom. The van der Waals surface area contributed by atoms with Crippen LogP contribution in [0.1, 0.15) is 43.0 Å². The van der Waals surface area contributed by atoms with Crippen molar-refractivity contribution in [2.45, 2.75) is 11.8 Å². The van der Waals surface area contributed by atoms with Crippen molar-refractivity contribution in [2.24, 2.45) is 0 Å². The number of carbonyl (C=O) groups is 2. The number of hydrogen-bond acceptors (Lipinski definition) is 2. The molecule has 0 aliphatic rings. The van der Waals surface area contributed by atoms with Crippen molar-refractivity contribution in [1.82, 2.24) is 0 Å². The van der Waals surface area contributed by atoms with Crippen LogP contribution in [-0.4, -0.2) is 22.2 Å². The summed E-state index contributed by atoms with van der Waals surface area (Å²) in [5.74, 6) is 0.533. The van der Waals surface area contributed by atoms with E-state index in [0.29, 0.717) is 33.5 Å². The van der Waals surface area contributed by atoms with Crippen LogP contribution in [0.15, 0.2) is 255 Å². The van der Waals surface area contributed by atoms with Gasteiger partial charge in [0.15, 0.2) is 11.6 Å². The molecule has 9 aromatic rings. The number of carbonyl (C=O) groups excluding carboxylic acids is 2.